The lowest BCUT2D eigenvalue weighted by molar-refractivity contribution is -0.313. The highest BCUT2D eigenvalue weighted by Crippen LogP contribution is 2.33. The predicted octanol–water partition coefficient (Wildman–Crippen LogP) is 3.93. The van der Waals surface area contributed by atoms with Crippen molar-refractivity contribution < 1.29 is 14.7 Å². The molecule has 0 saturated heterocycles. The van der Waals surface area contributed by atoms with E-state index in [2.05, 4.69) is 23.3 Å². The third-order valence-corrected chi connectivity index (χ3v) is 6.40. The Bertz CT molecular complexity index is 1110. The zero-order chi connectivity index (χ0) is 20.5. The fraction of sp³-hybridized carbons (Fsp3) is 0.261. The van der Waals surface area contributed by atoms with E-state index in [1.54, 1.807) is 11.3 Å². The molecule has 148 valence electrons. The molecule has 1 aromatic heterocycles. The number of rotatable bonds is 4. The van der Waals surface area contributed by atoms with E-state index in [0.717, 1.165) is 26.4 Å². The van der Waals surface area contributed by atoms with Gasteiger partial charge in [0.15, 0.2) is 0 Å². The lowest BCUT2D eigenvalue weighted by atomic mass is 9.79. The first-order valence-electron chi connectivity index (χ1n) is 9.55. The molecule has 0 fully saturated rings. The van der Waals surface area contributed by atoms with Gasteiger partial charge in [0, 0.05) is 23.1 Å². The lowest BCUT2D eigenvalue weighted by Crippen LogP contribution is -2.42. The monoisotopic (exact) mass is 405 g/mol. The quantitative estimate of drug-likeness (QED) is 0.667. The number of allylic oxidation sites excluding steroid dienone is 2. The first-order valence-corrected chi connectivity index (χ1v) is 10.4. The SMILES string of the molecule is CC1=CC[C@@H](C(=O)[O-])[C@@H](C(=O)Nc2ccc(-c3nc4ccc(C)cc4s3)cc2)C1. The molecule has 0 radical (unpaired) electrons. The van der Waals surface area contributed by atoms with E-state index in [-0.39, 0.29) is 5.91 Å². The molecule has 29 heavy (non-hydrogen) atoms. The Balaban J connectivity index is 1.50. The van der Waals surface area contributed by atoms with Gasteiger partial charge in [-0.3, -0.25) is 4.79 Å². The molecule has 0 spiro atoms. The number of aromatic nitrogens is 1. The minimum absolute atomic E-state index is 0.283. The molecular formula is C23H21N2O3S-. The van der Waals surface area contributed by atoms with E-state index in [9.17, 15) is 14.7 Å². The van der Waals surface area contributed by atoms with Crippen LogP contribution in [0.25, 0.3) is 20.8 Å². The third kappa shape index (κ3) is 4.07. The number of carbonyl (C=O) groups excluding carboxylic acids is 2. The number of hydrogen-bond donors (Lipinski definition) is 1. The van der Waals surface area contributed by atoms with Gasteiger partial charge >= 0.3 is 0 Å². The number of aryl methyl sites for hydroxylation is 1. The van der Waals surface area contributed by atoms with E-state index in [1.165, 1.54) is 5.56 Å². The minimum Gasteiger partial charge on any atom is -0.550 e. The van der Waals surface area contributed by atoms with Crippen LogP contribution < -0.4 is 10.4 Å². The maximum atomic E-state index is 12.7. The zero-order valence-electron chi connectivity index (χ0n) is 16.3. The maximum Gasteiger partial charge on any atom is 0.228 e. The van der Waals surface area contributed by atoms with Crippen molar-refractivity contribution in [1.82, 2.24) is 4.98 Å². The summed E-state index contributed by atoms with van der Waals surface area (Å²) in [5.41, 5.74) is 4.82. The lowest BCUT2D eigenvalue weighted by Gasteiger charge is -2.30. The molecule has 1 heterocycles. The Morgan fingerprint density at radius 3 is 2.59 bits per heavy atom. The molecule has 0 saturated carbocycles. The second kappa shape index (κ2) is 7.79. The van der Waals surface area contributed by atoms with E-state index in [1.807, 2.05) is 49.4 Å². The first-order chi connectivity index (χ1) is 13.9. The molecule has 1 aliphatic rings. The topological polar surface area (TPSA) is 82.1 Å². The number of amides is 1. The van der Waals surface area contributed by atoms with E-state index in [0.29, 0.717) is 18.5 Å². The fourth-order valence-corrected chi connectivity index (χ4v) is 4.76. The Morgan fingerprint density at radius 1 is 1.10 bits per heavy atom. The number of hydrogen-bond acceptors (Lipinski definition) is 5. The minimum atomic E-state index is -1.17. The van der Waals surface area contributed by atoms with Crippen LogP contribution in [0.15, 0.2) is 54.1 Å². The number of carbonyl (C=O) groups is 2. The Morgan fingerprint density at radius 2 is 1.86 bits per heavy atom. The van der Waals surface area contributed by atoms with Crippen LogP contribution in [0.2, 0.25) is 0 Å². The predicted molar refractivity (Wildman–Crippen MR) is 113 cm³/mol. The smallest absolute Gasteiger partial charge is 0.228 e. The zero-order valence-corrected chi connectivity index (χ0v) is 17.1. The number of carboxylic acids is 1. The second-order valence-corrected chi connectivity index (χ2v) is 8.61. The van der Waals surface area contributed by atoms with E-state index < -0.39 is 17.8 Å². The van der Waals surface area contributed by atoms with Crippen molar-refractivity contribution in [1.29, 1.82) is 0 Å². The van der Waals surface area contributed by atoms with Crippen LogP contribution in [-0.2, 0) is 9.59 Å². The molecule has 0 bridgehead atoms. The molecule has 2 aromatic carbocycles. The summed E-state index contributed by atoms with van der Waals surface area (Å²) in [6, 6.07) is 13.7. The van der Waals surface area contributed by atoms with Gasteiger partial charge < -0.3 is 15.2 Å². The van der Waals surface area contributed by atoms with Gasteiger partial charge in [-0.05, 0) is 68.7 Å². The van der Waals surface area contributed by atoms with Crippen molar-refractivity contribution >= 4 is 39.1 Å². The highest BCUT2D eigenvalue weighted by molar-refractivity contribution is 7.21. The largest absolute Gasteiger partial charge is 0.550 e. The molecule has 0 unspecified atom stereocenters. The van der Waals surface area contributed by atoms with Gasteiger partial charge in [-0.1, -0.05) is 17.7 Å². The highest BCUT2D eigenvalue weighted by atomic mass is 32.1. The molecule has 2 atom stereocenters. The Kier molecular flexibility index (Phi) is 5.20. The molecule has 1 amide bonds. The van der Waals surface area contributed by atoms with Gasteiger partial charge in [-0.15, -0.1) is 11.3 Å². The van der Waals surface area contributed by atoms with Crippen LogP contribution in [-0.4, -0.2) is 16.9 Å². The van der Waals surface area contributed by atoms with Crippen molar-refractivity contribution in [2.24, 2.45) is 11.8 Å². The van der Waals surface area contributed by atoms with Crippen molar-refractivity contribution in [3.05, 3.63) is 59.7 Å². The molecule has 5 nitrogen and oxygen atoms in total. The molecule has 3 aromatic rings. The van der Waals surface area contributed by atoms with Gasteiger partial charge in [-0.2, -0.15) is 0 Å². The highest BCUT2D eigenvalue weighted by Gasteiger charge is 2.31. The molecule has 6 heteroatoms. The third-order valence-electron chi connectivity index (χ3n) is 5.33. The summed E-state index contributed by atoms with van der Waals surface area (Å²) in [6.45, 7) is 3.98. The standard InChI is InChI=1S/C23H22N2O3S/c1-13-3-9-17(23(27)28)18(11-13)21(26)24-16-7-5-15(6-8-16)22-25-19-10-4-14(2)12-20(19)29-22/h3-8,10,12,17-18H,9,11H2,1-2H3,(H,24,26)(H,27,28)/p-1/t17-,18+/m1/s1. The normalized spacial score (nSPS) is 19.0. The van der Waals surface area contributed by atoms with Gasteiger partial charge in [0.1, 0.15) is 5.01 Å². The summed E-state index contributed by atoms with van der Waals surface area (Å²) in [5.74, 6) is -2.86. The number of benzene rings is 2. The molecule has 4 rings (SSSR count). The van der Waals surface area contributed by atoms with Crippen LogP contribution in [0, 0.1) is 18.8 Å². The Labute approximate surface area is 173 Å². The molecule has 1 N–H and O–H groups in total. The average molecular weight is 405 g/mol. The molecular weight excluding hydrogens is 384 g/mol. The van der Waals surface area contributed by atoms with Crippen LogP contribution in [0.3, 0.4) is 0 Å². The van der Waals surface area contributed by atoms with E-state index in [4.69, 9.17) is 0 Å². The molecule has 0 aliphatic heterocycles. The average Bonchev–Trinajstić information content (AvgIpc) is 3.11. The summed E-state index contributed by atoms with van der Waals surface area (Å²) >= 11 is 1.63. The summed E-state index contributed by atoms with van der Waals surface area (Å²) in [4.78, 5) is 28.8. The summed E-state index contributed by atoms with van der Waals surface area (Å²) < 4.78 is 1.14. The summed E-state index contributed by atoms with van der Waals surface area (Å²) in [5, 5.41) is 15.2. The fourth-order valence-electron chi connectivity index (χ4n) is 3.69. The van der Waals surface area contributed by atoms with Gasteiger partial charge in [0.25, 0.3) is 0 Å². The van der Waals surface area contributed by atoms with Crippen molar-refractivity contribution in [2.75, 3.05) is 5.32 Å². The van der Waals surface area contributed by atoms with Crippen LogP contribution in [0.5, 0.6) is 0 Å². The number of thiazole rings is 1. The number of nitrogens with one attached hydrogen (secondary N) is 1. The van der Waals surface area contributed by atoms with Gasteiger partial charge in [0.2, 0.25) is 5.91 Å². The van der Waals surface area contributed by atoms with Gasteiger partial charge in [-0.25, -0.2) is 4.98 Å². The molecule has 1 aliphatic carbocycles. The second-order valence-electron chi connectivity index (χ2n) is 7.58. The number of anilines is 1. The number of aliphatic carboxylic acids is 1. The van der Waals surface area contributed by atoms with Crippen LogP contribution in [0.1, 0.15) is 25.3 Å². The van der Waals surface area contributed by atoms with E-state index >= 15 is 0 Å². The summed E-state index contributed by atoms with van der Waals surface area (Å²) in [6.07, 6.45) is 2.65. The maximum absolute atomic E-state index is 12.7. The Hall–Kier alpha value is -2.99. The number of nitrogens with zero attached hydrogens (tertiary/aromatic N) is 1. The van der Waals surface area contributed by atoms with Crippen molar-refractivity contribution in [2.45, 2.75) is 26.7 Å². The van der Waals surface area contributed by atoms with Gasteiger partial charge in [0.05, 0.1) is 16.1 Å². The van der Waals surface area contributed by atoms with Crippen molar-refractivity contribution in [3.8, 4) is 10.6 Å². The van der Waals surface area contributed by atoms with Crippen LogP contribution >= 0.6 is 11.3 Å². The van der Waals surface area contributed by atoms with Crippen LogP contribution in [0.4, 0.5) is 5.69 Å². The first kappa shape index (κ1) is 19.3. The number of carboxylic acid groups (broad SMARTS) is 1. The number of fused-ring (bicyclic) bond motifs is 1. The van der Waals surface area contributed by atoms with Crippen molar-refractivity contribution in [3.63, 3.8) is 0 Å². The summed E-state index contributed by atoms with van der Waals surface area (Å²) in [7, 11) is 0.